The monoisotopic (exact) mass is 650 g/mol. The Bertz CT molecular complexity index is 1260. The van der Waals surface area contributed by atoms with Crippen LogP contribution in [-0.2, 0) is 38.2 Å². The molecule has 0 unspecified atom stereocenters. The molecule has 4 rings (SSSR count). The maximum absolute atomic E-state index is 13.0. The highest BCUT2D eigenvalue weighted by molar-refractivity contribution is 8.00. The van der Waals surface area contributed by atoms with Gasteiger partial charge in [0, 0.05) is 22.9 Å². The molecule has 12 nitrogen and oxygen atoms in total. The molecule has 2 heterocycles. The van der Waals surface area contributed by atoms with Crippen LogP contribution in [0.2, 0.25) is 0 Å². The van der Waals surface area contributed by atoms with Gasteiger partial charge in [-0.05, 0) is 48.5 Å². The first-order valence-electron chi connectivity index (χ1n) is 13.3. The molecule has 2 aliphatic rings. The summed E-state index contributed by atoms with van der Waals surface area (Å²) in [4.78, 5) is 80.4. The largest absolute Gasteiger partial charge is 0.443 e. The number of nitrogens with zero attached hydrogens (tertiary/aromatic N) is 4. The molecule has 4 amide bonds. The second kappa shape index (κ2) is 15.7. The van der Waals surface area contributed by atoms with E-state index in [9.17, 15) is 37.5 Å². The van der Waals surface area contributed by atoms with Crippen molar-refractivity contribution in [2.45, 2.75) is 9.79 Å². The minimum atomic E-state index is -0.644. The zero-order chi connectivity index (χ0) is 31.6. The summed E-state index contributed by atoms with van der Waals surface area (Å²) in [6.07, 6.45) is 0. The normalized spacial score (nSPS) is 16.4. The zero-order valence-corrected chi connectivity index (χ0v) is 25.0. The standard InChI is InChI=1S/C28H28F2N4O8S2/c29-19-1-5-21(6-2-19)43-15-27(39)41-17-33-23(35)11-31(12-24(33)36)9-10-32-13-25(37)34(26(38)14-32)18-42-28(40)16-44-22-7-3-20(30)4-8-22/h1-8H,9-18H2. The fraction of sp³-hybridized carbons (Fsp3) is 0.357. The molecule has 0 saturated carbocycles. The number of piperazine rings is 2. The van der Waals surface area contributed by atoms with E-state index in [1.807, 2.05) is 0 Å². The summed E-state index contributed by atoms with van der Waals surface area (Å²) >= 11 is 2.25. The van der Waals surface area contributed by atoms with Gasteiger partial charge in [0.05, 0.1) is 37.7 Å². The van der Waals surface area contributed by atoms with Crippen LogP contribution < -0.4 is 0 Å². The SMILES string of the molecule is O=C(CSc1ccc(F)cc1)OCN1C(=O)CN(CCN2CC(=O)N(COC(=O)CSc3ccc(F)cc3)C(=O)C2)CC1=O. The third-order valence-electron chi connectivity index (χ3n) is 6.42. The van der Waals surface area contributed by atoms with Crippen molar-refractivity contribution < 1.29 is 47.0 Å². The average molecular weight is 651 g/mol. The van der Waals surface area contributed by atoms with Crippen molar-refractivity contribution >= 4 is 59.1 Å². The van der Waals surface area contributed by atoms with E-state index < -0.39 is 60.7 Å². The molecule has 0 aromatic heterocycles. The Morgan fingerprint density at radius 1 is 0.591 bits per heavy atom. The van der Waals surface area contributed by atoms with Gasteiger partial charge in [-0.15, -0.1) is 23.5 Å². The molecule has 16 heteroatoms. The number of benzene rings is 2. The highest BCUT2D eigenvalue weighted by Crippen LogP contribution is 2.19. The van der Waals surface area contributed by atoms with Crippen LogP contribution in [0.3, 0.4) is 0 Å². The molecule has 2 saturated heterocycles. The first-order chi connectivity index (χ1) is 21.1. The number of esters is 2. The molecule has 0 N–H and O–H groups in total. The van der Waals surface area contributed by atoms with Crippen LogP contribution in [0.4, 0.5) is 8.78 Å². The Morgan fingerprint density at radius 3 is 1.23 bits per heavy atom. The maximum atomic E-state index is 13.0. The molecule has 0 atom stereocenters. The summed E-state index contributed by atoms with van der Waals surface area (Å²) in [7, 11) is 0. The van der Waals surface area contributed by atoms with Crippen LogP contribution in [0.1, 0.15) is 0 Å². The Kier molecular flexibility index (Phi) is 11.8. The van der Waals surface area contributed by atoms with Crippen LogP contribution in [0.25, 0.3) is 0 Å². The minimum Gasteiger partial charge on any atom is -0.443 e. The van der Waals surface area contributed by atoms with Gasteiger partial charge in [0.1, 0.15) is 11.6 Å². The summed E-state index contributed by atoms with van der Waals surface area (Å²) in [6, 6.07) is 11.1. The number of halogens is 2. The van der Waals surface area contributed by atoms with Crippen molar-refractivity contribution in [3.8, 4) is 0 Å². The second-order valence-corrected chi connectivity index (χ2v) is 11.7. The third-order valence-corrected chi connectivity index (χ3v) is 8.39. The van der Waals surface area contributed by atoms with Crippen LogP contribution in [0, 0.1) is 11.6 Å². The Balaban J connectivity index is 1.13. The average Bonchev–Trinajstić information content (AvgIpc) is 2.98. The van der Waals surface area contributed by atoms with Crippen molar-refractivity contribution in [1.82, 2.24) is 19.6 Å². The van der Waals surface area contributed by atoms with Crippen molar-refractivity contribution in [3.05, 3.63) is 60.2 Å². The number of carbonyl (C=O) groups excluding carboxylic acids is 6. The number of imide groups is 2. The molecule has 44 heavy (non-hydrogen) atoms. The van der Waals surface area contributed by atoms with Gasteiger partial charge in [-0.2, -0.15) is 0 Å². The molecule has 2 fully saturated rings. The lowest BCUT2D eigenvalue weighted by atomic mass is 10.2. The van der Waals surface area contributed by atoms with Crippen molar-refractivity contribution in [2.24, 2.45) is 0 Å². The van der Waals surface area contributed by atoms with Gasteiger partial charge in [-0.1, -0.05) is 0 Å². The Hall–Kier alpha value is -3.86. The lowest BCUT2D eigenvalue weighted by Crippen LogP contribution is -2.58. The van der Waals surface area contributed by atoms with Crippen molar-refractivity contribution in [2.75, 3.05) is 64.2 Å². The Labute approximate surface area is 259 Å². The molecule has 2 aromatic rings. The van der Waals surface area contributed by atoms with Gasteiger partial charge in [0.25, 0.3) is 0 Å². The summed E-state index contributed by atoms with van der Waals surface area (Å²) in [6.45, 7) is -1.10. The van der Waals surface area contributed by atoms with Gasteiger partial charge in [0.15, 0.2) is 13.5 Å². The van der Waals surface area contributed by atoms with Crippen LogP contribution in [0.15, 0.2) is 58.3 Å². The lowest BCUT2D eigenvalue weighted by molar-refractivity contribution is -0.166. The van der Waals surface area contributed by atoms with Crippen LogP contribution in [0.5, 0.6) is 0 Å². The van der Waals surface area contributed by atoms with E-state index in [2.05, 4.69) is 0 Å². The molecule has 2 aliphatic heterocycles. The smallest absolute Gasteiger partial charge is 0.318 e. The molecule has 0 radical (unpaired) electrons. The van der Waals surface area contributed by atoms with E-state index in [0.717, 1.165) is 33.3 Å². The quantitative estimate of drug-likeness (QED) is 0.175. The molecule has 0 aliphatic carbocycles. The molecule has 0 spiro atoms. The highest BCUT2D eigenvalue weighted by atomic mass is 32.2. The molecule has 0 bridgehead atoms. The summed E-state index contributed by atoms with van der Waals surface area (Å²) in [5, 5.41) is 0. The first kappa shape index (κ1) is 33.0. The van der Waals surface area contributed by atoms with Crippen molar-refractivity contribution in [3.63, 3.8) is 0 Å². The number of thioether (sulfide) groups is 2. The van der Waals surface area contributed by atoms with E-state index in [1.54, 1.807) is 9.80 Å². The number of amides is 4. The summed E-state index contributed by atoms with van der Waals surface area (Å²) in [5.41, 5.74) is 0. The molecular formula is C28H28F2N4O8S2. The maximum Gasteiger partial charge on any atom is 0.318 e. The first-order valence-corrected chi connectivity index (χ1v) is 15.2. The van der Waals surface area contributed by atoms with E-state index >= 15 is 0 Å². The van der Waals surface area contributed by atoms with Gasteiger partial charge in [0.2, 0.25) is 23.6 Å². The second-order valence-electron chi connectivity index (χ2n) is 9.63. The number of ether oxygens (including phenoxy) is 2. The Morgan fingerprint density at radius 2 is 0.909 bits per heavy atom. The molecular weight excluding hydrogens is 622 g/mol. The number of hydrogen-bond acceptors (Lipinski definition) is 12. The van der Waals surface area contributed by atoms with E-state index in [1.165, 1.54) is 48.5 Å². The molecule has 2 aromatic carbocycles. The topological polar surface area (TPSA) is 134 Å². The van der Waals surface area contributed by atoms with E-state index in [4.69, 9.17) is 9.47 Å². The van der Waals surface area contributed by atoms with Gasteiger partial charge in [-0.25, -0.2) is 18.6 Å². The van der Waals surface area contributed by atoms with Crippen LogP contribution in [-0.4, -0.2) is 119 Å². The van der Waals surface area contributed by atoms with Crippen LogP contribution >= 0.6 is 23.5 Å². The number of rotatable bonds is 13. The van der Waals surface area contributed by atoms with Gasteiger partial charge >= 0.3 is 11.9 Å². The van der Waals surface area contributed by atoms with Gasteiger partial charge < -0.3 is 9.47 Å². The predicted octanol–water partition coefficient (Wildman–Crippen LogP) is 1.19. The number of hydrogen-bond donors (Lipinski definition) is 0. The minimum absolute atomic E-state index is 0.0856. The van der Waals surface area contributed by atoms with Gasteiger partial charge in [-0.3, -0.25) is 38.6 Å². The van der Waals surface area contributed by atoms with E-state index in [-0.39, 0.29) is 50.8 Å². The molecule has 234 valence electrons. The fourth-order valence-electron chi connectivity index (χ4n) is 4.09. The zero-order valence-electron chi connectivity index (χ0n) is 23.3. The predicted molar refractivity (Wildman–Crippen MR) is 153 cm³/mol. The lowest BCUT2D eigenvalue weighted by Gasteiger charge is -2.35. The summed E-state index contributed by atoms with van der Waals surface area (Å²) < 4.78 is 36.1. The van der Waals surface area contributed by atoms with E-state index in [0.29, 0.717) is 9.79 Å². The van der Waals surface area contributed by atoms with Crippen molar-refractivity contribution in [1.29, 1.82) is 0 Å². The fourth-order valence-corrected chi connectivity index (χ4v) is 5.48. The summed E-state index contributed by atoms with van der Waals surface area (Å²) in [5.74, 6) is -4.49. The highest BCUT2D eigenvalue weighted by Gasteiger charge is 2.34. The third kappa shape index (κ3) is 9.83. The number of carbonyl (C=O) groups is 6.